The van der Waals surface area contributed by atoms with Gasteiger partial charge in [0.2, 0.25) is 5.91 Å². The number of hydrogen-bond donors (Lipinski definition) is 2. The van der Waals surface area contributed by atoms with Crippen molar-refractivity contribution >= 4 is 30.7 Å². The van der Waals surface area contributed by atoms with Crippen molar-refractivity contribution in [3.8, 4) is 0 Å². The number of ether oxygens (including phenoxy) is 1. The number of amides is 1. The second-order valence-electron chi connectivity index (χ2n) is 6.43. The maximum absolute atomic E-state index is 12.1. The van der Waals surface area contributed by atoms with Gasteiger partial charge in [-0.1, -0.05) is 30.7 Å². The number of piperidine rings is 1. The molecule has 0 spiro atoms. The number of carbonyl (C=O) groups excluding carboxylic acids is 1. The van der Waals surface area contributed by atoms with Gasteiger partial charge in [0.25, 0.3) is 0 Å². The van der Waals surface area contributed by atoms with Crippen molar-refractivity contribution in [1.82, 2.24) is 15.5 Å². The Morgan fingerprint density at radius 1 is 1.12 bits per heavy atom. The summed E-state index contributed by atoms with van der Waals surface area (Å²) in [6.07, 6.45) is 3.26. The summed E-state index contributed by atoms with van der Waals surface area (Å²) in [7, 11) is 0. The Kier molecular flexibility index (Phi) is 10.4. The van der Waals surface area contributed by atoms with Crippen LogP contribution < -0.4 is 10.6 Å². The zero-order valence-electron chi connectivity index (χ0n) is 14.5. The van der Waals surface area contributed by atoms with E-state index in [9.17, 15) is 4.79 Å². The lowest BCUT2D eigenvalue weighted by atomic mass is 10.0. The third-order valence-corrected chi connectivity index (χ3v) is 4.63. The lowest BCUT2D eigenvalue weighted by molar-refractivity contribution is -0.123. The highest BCUT2D eigenvalue weighted by molar-refractivity contribution is 5.85. The van der Waals surface area contributed by atoms with Gasteiger partial charge < -0.3 is 15.4 Å². The SMILES string of the molecule is Cl.Cl.O=C(NCc1ccc(CN2CCOCC2)cc1)[C@@H]1CCCCN1. The normalized spacial score (nSPS) is 20.9. The first-order valence-electron chi connectivity index (χ1n) is 8.70. The van der Waals surface area contributed by atoms with E-state index >= 15 is 0 Å². The van der Waals surface area contributed by atoms with Crippen molar-refractivity contribution in [2.24, 2.45) is 0 Å². The van der Waals surface area contributed by atoms with Crippen LogP contribution in [-0.4, -0.2) is 49.7 Å². The highest BCUT2D eigenvalue weighted by Crippen LogP contribution is 2.10. The minimum atomic E-state index is -0.00987. The fourth-order valence-corrected chi connectivity index (χ4v) is 3.17. The summed E-state index contributed by atoms with van der Waals surface area (Å²) in [6, 6.07) is 8.55. The Morgan fingerprint density at radius 3 is 2.44 bits per heavy atom. The number of benzene rings is 1. The molecule has 0 bridgehead atoms. The average Bonchev–Trinajstić information content (AvgIpc) is 2.62. The van der Waals surface area contributed by atoms with E-state index in [1.807, 2.05) is 0 Å². The number of nitrogens with zero attached hydrogens (tertiary/aromatic N) is 1. The van der Waals surface area contributed by atoms with Gasteiger partial charge in [-0.05, 0) is 30.5 Å². The monoisotopic (exact) mass is 389 g/mol. The van der Waals surface area contributed by atoms with Crippen LogP contribution >= 0.6 is 24.8 Å². The molecule has 0 radical (unpaired) electrons. The third kappa shape index (κ3) is 7.12. The minimum Gasteiger partial charge on any atom is -0.379 e. The molecule has 2 aliphatic heterocycles. The minimum absolute atomic E-state index is 0. The Hall–Kier alpha value is -0.850. The molecule has 2 heterocycles. The van der Waals surface area contributed by atoms with Crippen LogP contribution in [0.2, 0.25) is 0 Å². The first-order valence-corrected chi connectivity index (χ1v) is 8.70. The first kappa shape index (κ1) is 22.2. The molecule has 0 aromatic heterocycles. The fraction of sp³-hybridized carbons (Fsp3) is 0.611. The molecule has 2 N–H and O–H groups in total. The Bertz CT molecular complexity index is 502. The van der Waals surface area contributed by atoms with E-state index in [0.29, 0.717) is 6.54 Å². The van der Waals surface area contributed by atoms with Crippen molar-refractivity contribution < 1.29 is 9.53 Å². The molecule has 3 rings (SSSR count). The molecular formula is C18H29Cl2N3O2. The van der Waals surface area contributed by atoms with Gasteiger partial charge >= 0.3 is 0 Å². The van der Waals surface area contributed by atoms with Crippen LogP contribution in [0, 0.1) is 0 Å². The average molecular weight is 390 g/mol. The highest BCUT2D eigenvalue weighted by atomic mass is 35.5. The summed E-state index contributed by atoms with van der Waals surface area (Å²) >= 11 is 0. The second-order valence-corrected chi connectivity index (χ2v) is 6.43. The summed E-state index contributed by atoms with van der Waals surface area (Å²) < 4.78 is 5.37. The lowest BCUT2D eigenvalue weighted by Crippen LogP contribution is -2.46. The molecule has 25 heavy (non-hydrogen) atoms. The predicted molar refractivity (Wildman–Crippen MR) is 105 cm³/mol. The van der Waals surface area contributed by atoms with Crippen molar-refractivity contribution in [1.29, 1.82) is 0 Å². The van der Waals surface area contributed by atoms with Crippen LogP contribution in [-0.2, 0) is 22.6 Å². The molecule has 2 fully saturated rings. The number of hydrogen-bond acceptors (Lipinski definition) is 4. The van der Waals surface area contributed by atoms with Crippen LogP contribution in [0.15, 0.2) is 24.3 Å². The van der Waals surface area contributed by atoms with E-state index in [1.54, 1.807) is 0 Å². The zero-order chi connectivity index (χ0) is 15.9. The summed E-state index contributed by atoms with van der Waals surface area (Å²) in [4.78, 5) is 14.5. The molecule has 2 aliphatic rings. The maximum Gasteiger partial charge on any atom is 0.237 e. The molecule has 142 valence electrons. The van der Waals surface area contributed by atoms with Gasteiger partial charge in [-0.25, -0.2) is 0 Å². The Morgan fingerprint density at radius 2 is 1.80 bits per heavy atom. The number of nitrogens with one attached hydrogen (secondary N) is 2. The topological polar surface area (TPSA) is 53.6 Å². The van der Waals surface area contributed by atoms with E-state index in [0.717, 1.165) is 57.8 Å². The van der Waals surface area contributed by atoms with Crippen LogP contribution in [0.4, 0.5) is 0 Å². The van der Waals surface area contributed by atoms with Crippen molar-refractivity contribution in [2.75, 3.05) is 32.8 Å². The predicted octanol–water partition coefficient (Wildman–Crippen LogP) is 2.12. The van der Waals surface area contributed by atoms with Gasteiger partial charge in [-0.2, -0.15) is 0 Å². The quantitative estimate of drug-likeness (QED) is 0.809. The Labute approximate surface area is 162 Å². The number of carbonyl (C=O) groups is 1. The van der Waals surface area contributed by atoms with E-state index in [2.05, 4.69) is 39.8 Å². The third-order valence-electron chi connectivity index (χ3n) is 4.63. The standard InChI is InChI=1S/C18H27N3O2.2ClH/c22-18(17-3-1-2-8-19-17)20-13-15-4-6-16(7-5-15)14-21-9-11-23-12-10-21;;/h4-7,17,19H,1-3,8-14H2,(H,20,22);2*1H/t17-;;/m0../s1. The first-order chi connectivity index (χ1) is 11.3. The molecule has 1 aromatic carbocycles. The summed E-state index contributed by atoms with van der Waals surface area (Å²) in [5.74, 6) is 0.127. The maximum atomic E-state index is 12.1. The molecule has 0 saturated carbocycles. The molecule has 0 unspecified atom stereocenters. The fourth-order valence-electron chi connectivity index (χ4n) is 3.17. The lowest BCUT2D eigenvalue weighted by Gasteiger charge is -2.26. The van der Waals surface area contributed by atoms with Crippen LogP contribution in [0.5, 0.6) is 0 Å². The van der Waals surface area contributed by atoms with Gasteiger partial charge in [0.1, 0.15) is 0 Å². The smallest absolute Gasteiger partial charge is 0.237 e. The Balaban J connectivity index is 0.00000156. The number of morpholine rings is 1. The van der Waals surface area contributed by atoms with Gasteiger partial charge in [0.15, 0.2) is 0 Å². The van der Waals surface area contributed by atoms with Gasteiger partial charge in [-0.15, -0.1) is 24.8 Å². The summed E-state index contributed by atoms with van der Waals surface area (Å²) in [5, 5.41) is 6.32. The van der Waals surface area contributed by atoms with Crippen molar-refractivity contribution in [3.05, 3.63) is 35.4 Å². The summed E-state index contributed by atoms with van der Waals surface area (Å²) in [5.41, 5.74) is 2.47. The van der Waals surface area contributed by atoms with Gasteiger partial charge in [0, 0.05) is 26.2 Å². The van der Waals surface area contributed by atoms with Crippen molar-refractivity contribution in [2.45, 2.75) is 38.4 Å². The van der Waals surface area contributed by atoms with Crippen molar-refractivity contribution in [3.63, 3.8) is 0 Å². The molecule has 2 saturated heterocycles. The molecule has 7 heteroatoms. The van der Waals surface area contributed by atoms with Gasteiger partial charge in [-0.3, -0.25) is 9.69 Å². The van der Waals surface area contributed by atoms with E-state index in [1.165, 1.54) is 12.0 Å². The van der Waals surface area contributed by atoms with Gasteiger partial charge in [0.05, 0.1) is 19.3 Å². The largest absolute Gasteiger partial charge is 0.379 e. The molecule has 5 nitrogen and oxygen atoms in total. The van der Waals surface area contributed by atoms with Crippen LogP contribution in [0.1, 0.15) is 30.4 Å². The molecule has 1 atom stereocenters. The van der Waals surface area contributed by atoms with E-state index in [-0.39, 0.29) is 36.8 Å². The zero-order valence-corrected chi connectivity index (χ0v) is 16.2. The van der Waals surface area contributed by atoms with E-state index < -0.39 is 0 Å². The number of rotatable bonds is 5. The molecular weight excluding hydrogens is 361 g/mol. The number of halogens is 2. The van der Waals surface area contributed by atoms with E-state index in [4.69, 9.17) is 4.74 Å². The molecule has 1 amide bonds. The van der Waals surface area contributed by atoms with Crippen LogP contribution in [0.25, 0.3) is 0 Å². The highest BCUT2D eigenvalue weighted by Gasteiger charge is 2.19. The summed E-state index contributed by atoms with van der Waals surface area (Å²) in [6.45, 7) is 6.21. The molecule has 1 aromatic rings. The molecule has 0 aliphatic carbocycles. The van der Waals surface area contributed by atoms with Crippen LogP contribution in [0.3, 0.4) is 0 Å². The second kappa shape index (κ2) is 11.7.